The second-order valence-electron chi connectivity index (χ2n) is 7.08. The molecule has 5 nitrogen and oxygen atoms in total. The van der Waals surface area contributed by atoms with Gasteiger partial charge in [-0.15, -0.1) is 0 Å². The summed E-state index contributed by atoms with van der Waals surface area (Å²) in [6, 6.07) is 5.86. The van der Waals surface area contributed by atoms with E-state index >= 15 is 0 Å². The van der Waals surface area contributed by atoms with Crippen LogP contribution in [0.3, 0.4) is 0 Å². The Labute approximate surface area is 142 Å². The molecule has 2 saturated heterocycles. The van der Waals surface area contributed by atoms with Gasteiger partial charge in [-0.05, 0) is 63.4 Å². The maximum absolute atomic E-state index is 11.8. The Kier molecular flexibility index (Phi) is 4.37. The van der Waals surface area contributed by atoms with Crippen molar-refractivity contribution in [1.29, 1.82) is 0 Å². The molecule has 2 aliphatic rings. The Morgan fingerprint density at radius 2 is 2.12 bits per heavy atom. The van der Waals surface area contributed by atoms with Crippen LogP contribution in [0.25, 0.3) is 11.0 Å². The van der Waals surface area contributed by atoms with E-state index in [1.54, 1.807) is 6.92 Å². The molecule has 1 aromatic carbocycles. The third kappa shape index (κ3) is 3.10. The second kappa shape index (κ2) is 6.65. The van der Waals surface area contributed by atoms with Crippen molar-refractivity contribution in [2.24, 2.45) is 5.92 Å². The zero-order valence-electron chi connectivity index (χ0n) is 14.3. The van der Waals surface area contributed by atoms with Crippen LogP contribution < -0.4 is 5.32 Å². The molecule has 0 aliphatic carbocycles. The lowest BCUT2D eigenvalue weighted by atomic mass is 9.94. The Balaban J connectivity index is 1.69. The molecule has 2 fully saturated rings. The van der Waals surface area contributed by atoms with Crippen molar-refractivity contribution < 1.29 is 9.53 Å². The normalized spacial score (nSPS) is 21.8. The summed E-state index contributed by atoms with van der Waals surface area (Å²) in [7, 11) is 0. The molecule has 2 aromatic rings. The first-order chi connectivity index (χ1) is 11.7. The van der Waals surface area contributed by atoms with Gasteiger partial charge in [0.15, 0.2) is 5.78 Å². The summed E-state index contributed by atoms with van der Waals surface area (Å²) in [5, 5.41) is 3.43. The summed E-state index contributed by atoms with van der Waals surface area (Å²) in [5.74, 6) is 1.94. The monoisotopic (exact) mass is 327 g/mol. The van der Waals surface area contributed by atoms with Gasteiger partial charge in [-0.1, -0.05) is 0 Å². The van der Waals surface area contributed by atoms with E-state index in [9.17, 15) is 4.79 Å². The summed E-state index contributed by atoms with van der Waals surface area (Å²) in [5.41, 5.74) is 2.82. The number of hydrogen-bond donors (Lipinski definition) is 1. The second-order valence-corrected chi connectivity index (χ2v) is 7.08. The van der Waals surface area contributed by atoms with Crippen LogP contribution in [0.4, 0.5) is 0 Å². The van der Waals surface area contributed by atoms with Crippen molar-refractivity contribution in [3.8, 4) is 0 Å². The molecule has 0 unspecified atom stereocenters. The zero-order chi connectivity index (χ0) is 16.5. The number of carbonyl (C=O) groups excluding carboxylic acids is 1. The number of hydrogen-bond acceptors (Lipinski definition) is 4. The standard InChI is InChI=1S/C19H25N3O2/c1-13(23)15-2-3-17-18(11-15)22(12-16-6-9-24-16)19(21-17)10-14-4-7-20-8-5-14/h2-3,11,14,16,20H,4-10,12H2,1H3/t16-/m0/s1. The molecule has 4 rings (SSSR count). The Morgan fingerprint density at radius 1 is 1.33 bits per heavy atom. The summed E-state index contributed by atoms with van der Waals surface area (Å²) < 4.78 is 7.95. The largest absolute Gasteiger partial charge is 0.376 e. The van der Waals surface area contributed by atoms with Gasteiger partial charge in [0.1, 0.15) is 5.82 Å². The molecule has 0 bridgehead atoms. The highest BCUT2D eigenvalue weighted by atomic mass is 16.5. The molecule has 24 heavy (non-hydrogen) atoms. The first-order valence-corrected chi connectivity index (χ1v) is 9.03. The molecular formula is C19H25N3O2. The lowest BCUT2D eigenvalue weighted by Crippen LogP contribution is -2.33. The third-order valence-electron chi connectivity index (χ3n) is 5.34. The van der Waals surface area contributed by atoms with Crippen molar-refractivity contribution in [2.75, 3.05) is 19.7 Å². The Bertz CT molecular complexity index is 742. The molecule has 5 heteroatoms. The Hall–Kier alpha value is -1.72. The number of nitrogens with zero attached hydrogens (tertiary/aromatic N) is 2. The highest BCUT2D eigenvalue weighted by molar-refractivity contribution is 5.97. The molecule has 0 spiro atoms. The van der Waals surface area contributed by atoms with Crippen molar-refractivity contribution >= 4 is 16.8 Å². The molecular weight excluding hydrogens is 302 g/mol. The third-order valence-corrected chi connectivity index (χ3v) is 5.34. The molecule has 0 amide bonds. The quantitative estimate of drug-likeness (QED) is 0.858. The number of fused-ring (bicyclic) bond motifs is 1. The highest BCUT2D eigenvalue weighted by Crippen LogP contribution is 2.25. The molecule has 1 N–H and O–H groups in total. The van der Waals surface area contributed by atoms with Gasteiger partial charge < -0.3 is 14.6 Å². The lowest BCUT2D eigenvalue weighted by molar-refractivity contribution is -0.0590. The van der Waals surface area contributed by atoms with Gasteiger partial charge in [-0.25, -0.2) is 4.98 Å². The fourth-order valence-electron chi connectivity index (χ4n) is 3.73. The van der Waals surface area contributed by atoms with E-state index in [0.29, 0.717) is 5.92 Å². The summed E-state index contributed by atoms with van der Waals surface area (Å²) in [6.07, 6.45) is 4.83. The average molecular weight is 327 g/mol. The van der Waals surface area contributed by atoms with Crippen molar-refractivity contribution in [3.63, 3.8) is 0 Å². The van der Waals surface area contributed by atoms with Crippen LogP contribution in [-0.2, 0) is 17.7 Å². The van der Waals surface area contributed by atoms with E-state index in [1.165, 1.54) is 12.8 Å². The minimum Gasteiger partial charge on any atom is -0.376 e. The smallest absolute Gasteiger partial charge is 0.159 e. The van der Waals surface area contributed by atoms with Gasteiger partial charge in [-0.2, -0.15) is 0 Å². The van der Waals surface area contributed by atoms with E-state index in [4.69, 9.17) is 9.72 Å². The van der Waals surface area contributed by atoms with Gasteiger partial charge in [0.05, 0.1) is 23.7 Å². The number of imidazole rings is 1. The van der Waals surface area contributed by atoms with Gasteiger partial charge in [0.2, 0.25) is 0 Å². The molecule has 2 aliphatic heterocycles. The summed E-state index contributed by atoms with van der Waals surface area (Å²) in [4.78, 5) is 16.6. The van der Waals surface area contributed by atoms with E-state index in [2.05, 4.69) is 9.88 Å². The summed E-state index contributed by atoms with van der Waals surface area (Å²) in [6.45, 7) is 5.53. The minimum absolute atomic E-state index is 0.101. The van der Waals surface area contributed by atoms with Crippen LogP contribution >= 0.6 is 0 Å². The van der Waals surface area contributed by atoms with Crippen LogP contribution in [-0.4, -0.2) is 41.1 Å². The maximum atomic E-state index is 11.8. The first kappa shape index (κ1) is 15.8. The fraction of sp³-hybridized carbons (Fsp3) is 0.579. The number of ketones is 1. The van der Waals surface area contributed by atoms with Crippen molar-refractivity contribution in [3.05, 3.63) is 29.6 Å². The SMILES string of the molecule is CC(=O)c1ccc2nc(CC3CCNCC3)n(C[C@@H]3CCO3)c2c1. The molecule has 128 valence electrons. The lowest BCUT2D eigenvalue weighted by Gasteiger charge is -2.28. The Morgan fingerprint density at radius 3 is 2.79 bits per heavy atom. The van der Waals surface area contributed by atoms with Crippen molar-refractivity contribution in [2.45, 2.75) is 45.3 Å². The van der Waals surface area contributed by atoms with Gasteiger partial charge in [0, 0.05) is 18.6 Å². The van der Waals surface area contributed by atoms with Crippen LogP contribution in [0.2, 0.25) is 0 Å². The van der Waals surface area contributed by atoms with Crippen LogP contribution in [0.1, 0.15) is 42.4 Å². The molecule has 3 heterocycles. The fourth-order valence-corrected chi connectivity index (χ4v) is 3.73. The topological polar surface area (TPSA) is 56.2 Å². The van der Waals surface area contributed by atoms with E-state index in [-0.39, 0.29) is 11.9 Å². The van der Waals surface area contributed by atoms with E-state index in [1.807, 2.05) is 18.2 Å². The van der Waals surface area contributed by atoms with E-state index in [0.717, 1.165) is 61.5 Å². The first-order valence-electron chi connectivity index (χ1n) is 9.03. The number of piperidine rings is 1. The van der Waals surface area contributed by atoms with Crippen molar-refractivity contribution in [1.82, 2.24) is 14.9 Å². The zero-order valence-corrected chi connectivity index (χ0v) is 14.3. The number of carbonyl (C=O) groups is 1. The number of Topliss-reactive ketones (excluding diaryl/α,β-unsaturated/α-hetero) is 1. The molecule has 0 radical (unpaired) electrons. The number of benzene rings is 1. The number of nitrogens with one attached hydrogen (secondary N) is 1. The molecule has 0 saturated carbocycles. The highest BCUT2D eigenvalue weighted by Gasteiger charge is 2.24. The number of aromatic nitrogens is 2. The predicted octanol–water partition coefficient (Wildman–Crippen LogP) is 2.57. The molecule has 1 aromatic heterocycles. The summed E-state index contributed by atoms with van der Waals surface area (Å²) >= 11 is 0. The number of ether oxygens (including phenoxy) is 1. The van der Waals surface area contributed by atoms with Crippen LogP contribution in [0.5, 0.6) is 0 Å². The van der Waals surface area contributed by atoms with Gasteiger partial charge >= 0.3 is 0 Å². The van der Waals surface area contributed by atoms with Crippen LogP contribution in [0, 0.1) is 5.92 Å². The predicted molar refractivity (Wildman–Crippen MR) is 93.4 cm³/mol. The number of rotatable bonds is 5. The van der Waals surface area contributed by atoms with Gasteiger partial charge in [-0.3, -0.25) is 4.79 Å². The van der Waals surface area contributed by atoms with Crippen LogP contribution in [0.15, 0.2) is 18.2 Å². The maximum Gasteiger partial charge on any atom is 0.159 e. The van der Waals surface area contributed by atoms with Gasteiger partial charge in [0.25, 0.3) is 0 Å². The van der Waals surface area contributed by atoms with E-state index < -0.39 is 0 Å². The minimum atomic E-state index is 0.101. The molecule has 1 atom stereocenters. The average Bonchev–Trinajstić information content (AvgIpc) is 2.88.